The second kappa shape index (κ2) is 6.54. The molecule has 1 aliphatic heterocycles. The van der Waals surface area contributed by atoms with Crippen LogP contribution in [0.4, 0.5) is 17.6 Å². The molecule has 6 nitrogen and oxygen atoms in total. The summed E-state index contributed by atoms with van der Waals surface area (Å²) in [6.07, 6.45) is -1.32. The predicted molar refractivity (Wildman–Crippen MR) is 90.8 cm³/mol. The lowest BCUT2D eigenvalue weighted by Gasteiger charge is -2.45. The molecule has 3 N–H and O–H groups in total. The average Bonchev–Trinajstić information content (AvgIpc) is 3.26. The zero-order valence-corrected chi connectivity index (χ0v) is 14.8. The molecule has 2 heterocycles. The molecule has 1 amide bonds. The van der Waals surface area contributed by atoms with E-state index in [-0.39, 0.29) is 17.9 Å². The molecule has 2 atom stereocenters. The van der Waals surface area contributed by atoms with Crippen molar-refractivity contribution in [2.24, 2.45) is 5.41 Å². The highest BCUT2D eigenvalue weighted by Gasteiger charge is 2.63. The van der Waals surface area contributed by atoms with Gasteiger partial charge in [0.05, 0.1) is 5.56 Å². The molecular weight excluding hydrogens is 378 g/mol. The van der Waals surface area contributed by atoms with Crippen molar-refractivity contribution in [1.29, 1.82) is 0 Å². The lowest BCUT2D eigenvalue weighted by molar-refractivity contribution is -0.144. The lowest BCUT2D eigenvalue weighted by atomic mass is 9.61. The van der Waals surface area contributed by atoms with Crippen LogP contribution in [0.25, 0.3) is 0 Å². The van der Waals surface area contributed by atoms with Crippen molar-refractivity contribution in [3.63, 3.8) is 0 Å². The summed E-state index contributed by atoms with van der Waals surface area (Å²) in [7, 11) is 0. The van der Waals surface area contributed by atoms with E-state index in [4.69, 9.17) is 0 Å². The number of nitrogens with zero attached hydrogens (tertiary/aromatic N) is 2. The minimum absolute atomic E-state index is 0.120. The van der Waals surface area contributed by atoms with Gasteiger partial charge in [-0.05, 0) is 30.5 Å². The van der Waals surface area contributed by atoms with Crippen LogP contribution in [0.1, 0.15) is 42.3 Å². The number of H-pyrrole nitrogens is 1. The van der Waals surface area contributed by atoms with Crippen LogP contribution >= 0.6 is 0 Å². The van der Waals surface area contributed by atoms with Gasteiger partial charge < -0.3 is 10.6 Å². The number of carbonyl (C=O) groups excluding carboxylic acids is 1. The number of halogens is 4. The molecule has 1 spiro atoms. The Kier molecular flexibility index (Phi) is 4.40. The number of rotatable bonds is 4. The van der Waals surface area contributed by atoms with Crippen molar-refractivity contribution in [1.82, 2.24) is 25.8 Å². The van der Waals surface area contributed by atoms with E-state index in [1.807, 2.05) is 0 Å². The van der Waals surface area contributed by atoms with Gasteiger partial charge in [0, 0.05) is 18.5 Å². The topological polar surface area (TPSA) is 82.7 Å². The lowest BCUT2D eigenvalue weighted by Crippen LogP contribution is -2.58. The van der Waals surface area contributed by atoms with Crippen molar-refractivity contribution in [3.05, 3.63) is 47.5 Å². The summed E-state index contributed by atoms with van der Waals surface area (Å²) >= 11 is 0. The molecule has 2 fully saturated rings. The van der Waals surface area contributed by atoms with Crippen LogP contribution in [-0.2, 0) is 11.0 Å². The Morgan fingerprint density at radius 1 is 1.25 bits per heavy atom. The second-order valence-corrected chi connectivity index (χ2v) is 7.44. The molecule has 10 heteroatoms. The molecule has 1 saturated carbocycles. The van der Waals surface area contributed by atoms with Crippen LogP contribution in [0.15, 0.2) is 30.6 Å². The number of hydrogen-bond donors (Lipinski definition) is 3. The minimum atomic E-state index is -4.54. The summed E-state index contributed by atoms with van der Waals surface area (Å²) in [5.41, 5.74) is -3.60. The third-order valence-corrected chi connectivity index (χ3v) is 5.87. The van der Waals surface area contributed by atoms with Crippen LogP contribution in [-0.4, -0.2) is 39.8 Å². The summed E-state index contributed by atoms with van der Waals surface area (Å²) < 4.78 is 55.0. The van der Waals surface area contributed by atoms with Gasteiger partial charge in [-0.1, -0.05) is 18.6 Å². The zero-order valence-electron chi connectivity index (χ0n) is 14.8. The number of nitrogens with one attached hydrogen (secondary N) is 3. The summed E-state index contributed by atoms with van der Waals surface area (Å²) in [4.78, 5) is 16.9. The normalized spacial score (nSPS) is 24.7. The van der Waals surface area contributed by atoms with E-state index in [0.29, 0.717) is 19.4 Å². The summed E-state index contributed by atoms with van der Waals surface area (Å²) in [5, 5.41) is 11.8. The van der Waals surface area contributed by atoms with E-state index in [2.05, 4.69) is 25.8 Å². The third kappa shape index (κ3) is 2.95. The fourth-order valence-corrected chi connectivity index (χ4v) is 4.10. The standard InChI is InChI=1S/C18H19F4N5O/c19-17(9-23-8-16(17)5-2-6-16)15(28)26-13(14-24-10-25-27-14)11-3-1-4-12(7-11)18(20,21)22/h1,3-4,7,10,13,23H,2,5-6,8-9H2,(H,26,28)(H,24,25,27). The maximum absolute atomic E-state index is 15.7. The zero-order chi connectivity index (χ0) is 20.0. The van der Waals surface area contributed by atoms with Crippen molar-refractivity contribution in [2.75, 3.05) is 13.1 Å². The van der Waals surface area contributed by atoms with Gasteiger partial charge in [0.1, 0.15) is 12.4 Å². The van der Waals surface area contributed by atoms with Crippen molar-refractivity contribution in [3.8, 4) is 0 Å². The first-order chi connectivity index (χ1) is 13.3. The largest absolute Gasteiger partial charge is 0.416 e. The molecule has 1 aliphatic carbocycles. The van der Waals surface area contributed by atoms with Crippen LogP contribution < -0.4 is 10.6 Å². The molecule has 2 aromatic rings. The number of carbonyl (C=O) groups is 1. The number of aromatic amines is 1. The minimum Gasteiger partial charge on any atom is -0.339 e. The van der Waals surface area contributed by atoms with Gasteiger partial charge in [-0.25, -0.2) is 9.37 Å². The molecule has 4 rings (SSSR count). The second-order valence-electron chi connectivity index (χ2n) is 7.44. The molecule has 1 aromatic carbocycles. The summed E-state index contributed by atoms with van der Waals surface area (Å²) in [6.45, 7) is 0.290. The van der Waals surface area contributed by atoms with Crippen molar-refractivity contribution < 1.29 is 22.4 Å². The fraction of sp³-hybridized carbons (Fsp3) is 0.500. The highest BCUT2D eigenvalue weighted by Crippen LogP contribution is 2.53. The fourth-order valence-electron chi connectivity index (χ4n) is 4.10. The molecule has 2 unspecified atom stereocenters. The van der Waals surface area contributed by atoms with E-state index < -0.39 is 34.8 Å². The Balaban J connectivity index is 1.66. The molecule has 0 bridgehead atoms. The first-order valence-corrected chi connectivity index (χ1v) is 8.98. The maximum Gasteiger partial charge on any atom is 0.416 e. The van der Waals surface area contributed by atoms with Crippen LogP contribution in [0.3, 0.4) is 0 Å². The number of aromatic nitrogens is 3. The van der Waals surface area contributed by atoms with Crippen molar-refractivity contribution >= 4 is 5.91 Å². The van der Waals surface area contributed by atoms with Crippen LogP contribution in [0, 0.1) is 5.41 Å². The number of hydrogen-bond acceptors (Lipinski definition) is 4. The van der Waals surface area contributed by atoms with Crippen LogP contribution in [0.2, 0.25) is 0 Å². The van der Waals surface area contributed by atoms with Gasteiger partial charge in [-0.2, -0.15) is 18.3 Å². The Morgan fingerprint density at radius 2 is 2.04 bits per heavy atom. The third-order valence-electron chi connectivity index (χ3n) is 5.87. The number of amides is 1. The predicted octanol–water partition coefficient (Wildman–Crippen LogP) is 2.51. The molecular formula is C18H19F4N5O. The van der Waals surface area contributed by atoms with E-state index in [1.54, 1.807) is 0 Å². The number of alkyl halides is 4. The Morgan fingerprint density at radius 3 is 2.64 bits per heavy atom. The Bertz CT molecular complexity index is 865. The van der Waals surface area contributed by atoms with E-state index >= 15 is 4.39 Å². The smallest absolute Gasteiger partial charge is 0.339 e. The van der Waals surface area contributed by atoms with Crippen LogP contribution in [0.5, 0.6) is 0 Å². The molecule has 0 radical (unpaired) electrons. The first-order valence-electron chi connectivity index (χ1n) is 8.98. The number of benzene rings is 1. The first kappa shape index (κ1) is 18.9. The molecule has 150 valence electrons. The molecule has 1 aromatic heterocycles. The summed E-state index contributed by atoms with van der Waals surface area (Å²) in [6, 6.07) is 3.44. The molecule has 2 aliphatic rings. The monoisotopic (exact) mass is 397 g/mol. The van der Waals surface area contributed by atoms with E-state index in [9.17, 15) is 18.0 Å². The maximum atomic E-state index is 15.7. The molecule has 28 heavy (non-hydrogen) atoms. The van der Waals surface area contributed by atoms with E-state index in [1.165, 1.54) is 18.5 Å². The highest BCUT2D eigenvalue weighted by atomic mass is 19.4. The molecule has 1 saturated heterocycles. The average molecular weight is 397 g/mol. The summed E-state index contributed by atoms with van der Waals surface area (Å²) in [5.74, 6) is -0.721. The Hall–Kier alpha value is -2.49. The van der Waals surface area contributed by atoms with Gasteiger partial charge >= 0.3 is 6.18 Å². The SMILES string of the molecule is O=C(NC(c1cccc(C(F)(F)F)c1)c1ncn[nH]1)C1(F)CNCC12CCC2. The highest BCUT2D eigenvalue weighted by molar-refractivity contribution is 5.88. The Labute approximate surface area is 158 Å². The van der Waals surface area contributed by atoms with Crippen molar-refractivity contribution in [2.45, 2.75) is 37.1 Å². The van der Waals surface area contributed by atoms with Gasteiger partial charge in [-0.15, -0.1) is 0 Å². The van der Waals surface area contributed by atoms with Gasteiger partial charge in [0.2, 0.25) is 5.67 Å². The van der Waals surface area contributed by atoms with Gasteiger partial charge in [0.25, 0.3) is 5.91 Å². The van der Waals surface area contributed by atoms with Gasteiger partial charge in [0.15, 0.2) is 5.82 Å². The van der Waals surface area contributed by atoms with Gasteiger partial charge in [-0.3, -0.25) is 9.89 Å². The quantitative estimate of drug-likeness (QED) is 0.693. The van der Waals surface area contributed by atoms with E-state index in [0.717, 1.165) is 18.6 Å².